The molecule has 0 atom stereocenters. The van der Waals surface area contributed by atoms with Crippen LogP contribution in [-0.4, -0.2) is 48.1 Å². The number of hydrogen-bond acceptors (Lipinski definition) is 5. The fourth-order valence-electron chi connectivity index (χ4n) is 3.09. The van der Waals surface area contributed by atoms with Crippen LogP contribution in [0, 0.1) is 0 Å². The van der Waals surface area contributed by atoms with Crippen molar-refractivity contribution >= 4 is 16.8 Å². The number of hydrogen-bond donors (Lipinski definition) is 1. The number of para-hydroxylation sites is 1. The molecule has 0 unspecified atom stereocenters. The number of aromatic nitrogens is 2. The number of rotatable bonds is 9. The van der Waals surface area contributed by atoms with Crippen LogP contribution in [0.2, 0.25) is 0 Å². The SMILES string of the molecule is COCCN(Cc1nc2ccccc2c(=O)[nH]1)C(=O)CCc1ccc(OC)cc1. The molecule has 2 aromatic carbocycles. The van der Waals surface area contributed by atoms with E-state index in [1.165, 1.54) is 0 Å². The van der Waals surface area contributed by atoms with Crippen LogP contribution in [0.1, 0.15) is 17.8 Å². The molecule has 1 aromatic heterocycles. The molecule has 0 radical (unpaired) electrons. The first-order chi connectivity index (χ1) is 14.1. The molecule has 0 aliphatic carbocycles. The highest BCUT2D eigenvalue weighted by molar-refractivity contribution is 5.78. The zero-order valence-electron chi connectivity index (χ0n) is 16.7. The number of amides is 1. The van der Waals surface area contributed by atoms with Crippen LogP contribution < -0.4 is 10.3 Å². The Morgan fingerprint density at radius 2 is 1.86 bits per heavy atom. The molecule has 1 amide bonds. The Morgan fingerprint density at radius 3 is 2.59 bits per heavy atom. The van der Waals surface area contributed by atoms with Gasteiger partial charge in [0, 0.05) is 20.1 Å². The summed E-state index contributed by atoms with van der Waals surface area (Å²) in [5, 5.41) is 0.533. The summed E-state index contributed by atoms with van der Waals surface area (Å²) in [5.41, 5.74) is 1.47. The maximum absolute atomic E-state index is 12.8. The second-order valence-corrected chi connectivity index (χ2v) is 6.69. The normalized spacial score (nSPS) is 10.8. The third-order valence-electron chi connectivity index (χ3n) is 4.71. The largest absolute Gasteiger partial charge is 0.497 e. The minimum absolute atomic E-state index is 0.0197. The molecule has 0 saturated heterocycles. The quantitative estimate of drug-likeness (QED) is 0.602. The van der Waals surface area contributed by atoms with E-state index in [0.717, 1.165) is 11.3 Å². The van der Waals surface area contributed by atoms with Gasteiger partial charge in [-0.25, -0.2) is 4.98 Å². The van der Waals surface area contributed by atoms with Crippen molar-refractivity contribution in [3.63, 3.8) is 0 Å². The van der Waals surface area contributed by atoms with E-state index in [1.807, 2.05) is 30.3 Å². The molecule has 152 valence electrons. The fraction of sp³-hybridized carbons (Fsp3) is 0.318. The minimum atomic E-state index is -0.206. The summed E-state index contributed by atoms with van der Waals surface area (Å²) in [5.74, 6) is 1.23. The molecule has 3 rings (SSSR count). The van der Waals surface area contributed by atoms with E-state index in [0.29, 0.717) is 42.7 Å². The molecule has 0 spiro atoms. The average Bonchev–Trinajstić information content (AvgIpc) is 2.75. The molecule has 7 heteroatoms. The van der Waals surface area contributed by atoms with Crippen LogP contribution in [0.4, 0.5) is 0 Å². The van der Waals surface area contributed by atoms with Crippen molar-refractivity contribution in [2.75, 3.05) is 27.4 Å². The van der Waals surface area contributed by atoms with Crippen molar-refractivity contribution in [2.45, 2.75) is 19.4 Å². The number of benzene rings is 2. The summed E-state index contributed by atoms with van der Waals surface area (Å²) in [7, 11) is 3.22. The van der Waals surface area contributed by atoms with Crippen molar-refractivity contribution < 1.29 is 14.3 Å². The Morgan fingerprint density at radius 1 is 1.10 bits per heavy atom. The zero-order chi connectivity index (χ0) is 20.6. The van der Waals surface area contributed by atoms with Gasteiger partial charge in [0.2, 0.25) is 5.91 Å². The number of aryl methyl sites for hydroxylation is 1. The third-order valence-corrected chi connectivity index (χ3v) is 4.71. The number of fused-ring (bicyclic) bond motifs is 1. The lowest BCUT2D eigenvalue weighted by Gasteiger charge is -2.22. The average molecular weight is 395 g/mol. The second kappa shape index (κ2) is 9.84. The molecule has 7 nitrogen and oxygen atoms in total. The van der Waals surface area contributed by atoms with Gasteiger partial charge in [-0.2, -0.15) is 0 Å². The van der Waals surface area contributed by atoms with E-state index in [2.05, 4.69) is 9.97 Å². The number of aromatic amines is 1. The minimum Gasteiger partial charge on any atom is -0.497 e. The van der Waals surface area contributed by atoms with Crippen LogP contribution in [0.3, 0.4) is 0 Å². The lowest BCUT2D eigenvalue weighted by atomic mass is 10.1. The molecule has 0 fully saturated rings. The predicted octanol–water partition coefficient (Wildman–Crippen LogP) is 2.54. The topological polar surface area (TPSA) is 84.5 Å². The van der Waals surface area contributed by atoms with Crippen molar-refractivity contribution in [1.82, 2.24) is 14.9 Å². The molecule has 1 heterocycles. The Labute approximate surface area is 169 Å². The Hall–Kier alpha value is -3.19. The highest BCUT2D eigenvalue weighted by Gasteiger charge is 2.16. The van der Waals surface area contributed by atoms with Gasteiger partial charge < -0.3 is 19.4 Å². The molecule has 0 aliphatic heterocycles. The summed E-state index contributed by atoms with van der Waals surface area (Å²) in [4.78, 5) is 34.1. The molecular formula is C22H25N3O4. The summed E-state index contributed by atoms with van der Waals surface area (Å²) in [6.07, 6.45) is 0.974. The zero-order valence-corrected chi connectivity index (χ0v) is 16.7. The van der Waals surface area contributed by atoms with E-state index >= 15 is 0 Å². The van der Waals surface area contributed by atoms with Gasteiger partial charge in [0.15, 0.2) is 0 Å². The summed E-state index contributed by atoms with van der Waals surface area (Å²) in [6.45, 7) is 1.06. The molecule has 1 N–H and O–H groups in total. The first-order valence-electron chi connectivity index (χ1n) is 9.48. The van der Waals surface area contributed by atoms with Gasteiger partial charge in [-0.1, -0.05) is 24.3 Å². The van der Waals surface area contributed by atoms with Gasteiger partial charge in [0.1, 0.15) is 11.6 Å². The fourth-order valence-corrected chi connectivity index (χ4v) is 3.09. The van der Waals surface area contributed by atoms with E-state index < -0.39 is 0 Å². The van der Waals surface area contributed by atoms with Crippen molar-refractivity contribution in [2.24, 2.45) is 0 Å². The standard InChI is InChI=1S/C22H25N3O4/c1-28-14-13-25(21(26)12-9-16-7-10-17(29-2)11-8-16)15-20-23-19-6-4-3-5-18(19)22(27)24-20/h3-8,10-11H,9,12-15H2,1-2H3,(H,23,24,27). The number of carbonyl (C=O) groups is 1. The van der Waals surface area contributed by atoms with Crippen LogP contribution >= 0.6 is 0 Å². The predicted molar refractivity (Wildman–Crippen MR) is 111 cm³/mol. The highest BCUT2D eigenvalue weighted by atomic mass is 16.5. The molecule has 29 heavy (non-hydrogen) atoms. The number of nitrogens with one attached hydrogen (secondary N) is 1. The van der Waals surface area contributed by atoms with Crippen LogP contribution in [-0.2, 0) is 22.5 Å². The summed E-state index contributed by atoms with van der Waals surface area (Å²) >= 11 is 0. The van der Waals surface area contributed by atoms with E-state index in [1.54, 1.807) is 37.3 Å². The van der Waals surface area contributed by atoms with E-state index in [4.69, 9.17) is 9.47 Å². The van der Waals surface area contributed by atoms with Gasteiger partial charge >= 0.3 is 0 Å². The number of ether oxygens (including phenoxy) is 2. The number of H-pyrrole nitrogens is 1. The van der Waals surface area contributed by atoms with E-state index in [-0.39, 0.29) is 18.0 Å². The molecule has 0 saturated carbocycles. The number of methoxy groups -OCH3 is 2. The van der Waals surface area contributed by atoms with Gasteiger partial charge in [-0.05, 0) is 36.2 Å². The van der Waals surface area contributed by atoms with Crippen LogP contribution in [0.15, 0.2) is 53.3 Å². The first kappa shape index (κ1) is 20.5. The van der Waals surface area contributed by atoms with Gasteiger partial charge in [-0.3, -0.25) is 9.59 Å². The highest BCUT2D eigenvalue weighted by Crippen LogP contribution is 2.14. The second-order valence-electron chi connectivity index (χ2n) is 6.69. The lowest BCUT2D eigenvalue weighted by molar-refractivity contribution is -0.132. The number of carbonyl (C=O) groups excluding carboxylic acids is 1. The van der Waals surface area contributed by atoms with Crippen molar-refractivity contribution in [3.8, 4) is 5.75 Å². The summed E-state index contributed by atoms with van der Waals surface area (Å²) in [6, 6.07) is 14.8. The Bertz CT molecular complexity index is 1010. The van der Waals surface area contributed by atoms with Crippen molar-refractivity contribution in [3.05, 3.63) is 70.3 Å². The maximum atomic E-state index is 12.8. The van der Waals surface area contributed by atoms with Gasteiger partial charge in [-0.15, -0.1) is 0 Å². The van der Waals surface area contributed by atoms with Crippen LogP contribution in [0.5, 0.6) is 5.75 Å². The summed E-state index contributed by atoms with van der Waals surface area (Å²) < 4.78 is 10.3. The molecule has 0 bridgehead atoms. The first-order valence-corrected chi connectivity index (χ1v) is 9.48. The Balaban J connectivity index is 1.71. The molecule has 0 aliphatic rings. The maximum Gasteiger partial charge on any atom is 0.258 e. The van der Waals surface area contributed by atoms with E-state index in [9.17, 15) is 9.59 Å². The third kappa shape index (κ3) is 5.42. The smallest absolute Gasteiger partial charge is 0.258 e. The Kier molecular flexibility index (Phi) is 6.97. The van der Waals surface area contributed by atoms with Gasteiger partial charge in [0.05, 0.1) is 31.2 Å². The van der Waals surface area contributed by atoms with Gasteiger partial charge in [0.25, 0.3) is 5.56 Å². The van der Waals surface area contributed by atoms with Crippen molar-refractivity contribution in [1.29, 1.82) is 0 Å². The van der Waals surface area contributed by atoms with Crippen LogP contribution in [0.25, 0.3) is 10.9 Å². The molecular weight excluding hydrogens is 370 g/mol. The molecule has 3 aromatic rings. The number of nitrogens with zero attached hydrogens (tertiary/aromatic N) is 2. The monoisotopic (exact) mass is 395 g/mol. The lowest BCUT2D eigenvalue weighted by Crippen LogP contribution is -2.34.